The second-order valence-electron chi connectivity index (χ2n) is 6.94. The summed E-state index contributed by atoms with van der Waals surface area (Å²) in [6, 6.07) is 10.7. The molecule has 1 unspecified atom stereocenters. The third kappa shape index (κ3) is 5.31. The molecule has 1 atom stereocenters. The Kier molecular flexibility index (Phi) is 6.18. The molecule has 2 rings (SSSR count). The van der Waals surface area contributed by atoms with Crippen LogP contribution >= 0.6 is 0 Å². The average Bonchev–Trinajstić information content (AvgIpc) is 2.52. The van der Waals surface area contributed by atoms with Crippen LogP contribution in [-0.2, 0) is 0 Å². The highest BCUT2D eigenvalue weighted by atomic mass is 16.5. The first kappa shape index (κ1) is 19.0. The summed E-state index contributed by atoms with van der Waals surface area (Å²) in [7, 11) is 2.01. The molecule has 0 aliphatic rings. The third-order valence-corrected chi connectivity index (χ3v) is 4.24. The number of benzene rings is 1. The summed E-state index contributed by atoms with van der Waals surface area (Å²) < 4.78 is 6.04. The number of rotatable bonds is 6. The average molecular weight is 339 g/mol. The topological polar surface area (TPSA) is 37.7 Å². The molecular formula is C21H29N3O. The molecule has 0 aliphatic carbocycles. The van der Waals surface area contributed by atoms with Crippen molar-refractivity contribution in [2.45, 2.75) is 53.7 Å². The van der Waals surface area contributed by atoms with Crippen LogP contribution in [0.3, 0.4) is 0 Å². The molecule has 0 aliphatic heterocycles. The third-order valence-electron chi connectivity index (χ3n) is 4.24. The van der Waals surface area contributed by atoms with E-state index in [9.17, 15) is 0 Å². The molecule has 0 saturated carbocycles. The van der Waals surface area contributed by atoms with Gasteiger partial charge in [-0.2, -0.15) is 0 Å². The lowest BCUT2D eigenvalue weighted by Gasteiger charge is -2.18. The van der Waals surface area contributed by atoms with E-state index in [-0.39, 0.29) is 6.10 Å². The van der Waals surface area contributed by atoms with Crippen LogP contribution in [0.15, 0.2) is 35.3 Å². The van der Waals surface area contributed by atoms with Crippen molar-refractivity contribution >= 4 is 12.0 Å². The first-order chi connectivity index (χ1) is 11.8. The van der Waals surface area contributed by atoms with Gasteiger partial charge < -0.3 is 9.64 Å². The monoisotopic (exact) mass is 339 g/mol. The van der Waals surface area contributed by atoms with E-state index in [1.807, 2.05) is 32.4 Å². The SMILES string of the molecule is Cc1cc(C)cc(C(C)Oc2ccc(N=CN(C)C(C)C)c(C)n2)c1. The molecule has 4 nitrogen and oxygen atoms in total. The van der Waals surface area contributed by atoms with Crippen LogP contribution in [0.5, 0.6) is 5.88 Å². The molecule has 0 saturated heterocycles. The predicted octanol–water partition coefficient (Wildman–Crippen LogP) is 5.15. The first-order valence-electron chi connectivity index (χ1n) is 8.75. The van der Waals surface area contributed by atoms with Crippen LogP contribution in [0.2, 0.25) is 0 Å². The summed E-state index contributed by atoms with van der Waals surface area (Å²) in [5, 5.41) is 0. The van der Waals surface area contributed by atoms with Gasteiger partial charge in [-0.15, -0.1) is 0 Å². The Labute approximate surface area is 151 Å². The van der Waals surface area contributed by atoms with Crippen LogP contribution in [0, 0.1) is 20.8 Å². The highest BCUT2D eigenvalue weighted by Crippen LogP contribution is 2.25. The van der Waals surface area contributed by atoms with E-state index in [4.69, 9.17) is 4.74 Å². The number of hydrogen-bond donors (Lipinski definition) is 0. The number of hydrogen-bond acceptors (Lipinski definition) is 3. The largest absolute Gasteiger partial charge is 0.470 e. The number of aliphatic imine (C=N–C) groups is 1. The summed E-state index contributed by atoms with van der Waals surface area (Å²) >= 11 is 0. The number of pyridine rings is 1. The van der Waals surface area contributed by atoms with Gasteiger partial charge in [0.15, 0.2) is 0 Å². The van der Waals surface area contributed by atoms with Gasteiger partial charge in [0.2, 0.25) is 5.88 Å². The fourth-order valence-electron chi connectivity index (χ4n) is 2.51. The van der Waals surface area contributed by atoms with Crippen molar-refractivity contribution in [3.05, 3.63) is 52.7 Å². The molecule has 4 heteroatoms. The number of aromatic nitrogens is 1. The van der Waals surface area contributed by atoms with Crippen molar-refractivity contribution in [1.29, 1.82) is 0 Å². The lowest BCUT2D eigenvalue weighted by molar-refractivity contribution is 0.217. The van der Waals surface area contributed by atoms with E-state index in [1.54, 1.807) is 0 Å². The number of nitrogens with zero attached hydrogens (tertiary/aromatic N) is 3. The smallest absolute Gasteiger partial charge is 0.214 e. The van der Waals surface area contributed by atoms with Gasteiger partial charge in [-0.25, -0.2) is 9.98 Å². The zero-order valence-corrected chi connectivity index (χ0v) is 16.4. The van der Waals surface area contributed by atoms with Crippen molar-refractivity contribution in [3.63, 3.8) is 0 Å². The van der Waals surface area contributed by atoms with E-state index in [2.05, 4.69) is 67.7 Å². The Bertz CT molecular complexity index is 733. The van der Waals surface area contributed by atoms with E-state index < -0.39 is 0 Å². The quantitative estimate of drug-likeness (QED) is 0.540. The minimum Gasteiger partial charge on any atom is -0.470 e. The molecule has 0 fully saturated rings. The van der Waals surface area contributed by atoms with E-state index >= 15 is 0 Å². The zero-order chi connectivity index (χ0) is 18.6. The predicted molar refractivity (Wildman–Crippen MR) is 105 cm³/mol. The summed E-state index contributed by atoms with van der Waals surface area (Å²) in [6.07, 6.45) is 1.79. The normalized spacial score (nSPS) is 12.6. The van der Waals surface area contributed by atoms with Gasteiger partial charge in [0.1, 0.15) is 6.10 Å². The lowest BCUT2D eigenvalue weighted by atomic mass is 10.0. The second-order valence-corrected chi connectivity index (χ2v) is 6.94. The Balaban J connectivity index is 2.12. The van der Waals surface area contributed by atoms with E-state index in [1.165, 1.54) is 11.1 Å². The van der Waals surface area contributed by atoms with Gasteiger partial charge >= 0.3 is 0 Å². The molecule has 134 valence electrons. The molecule has 0 radical (unpaired) electrons. The molecule has 2 aromatic rings. The minimum atomic E-state index is -0.0491. The van der Waals surface area contributed by atoms with Gasteiger partial charge in [0, 0.05) is 19.2 Å². The van der Waals surface area contributed by atoms with Crippen LogP contribution < -0.4 is 4.74 Å². The molecule has 0 N–H and O–H groups in total. The summed E-state index contributed by atoms with van der Waals surface area (Å²) in [5.74, 6) is 0.625. The number of aryl methyl sites for hydroxylation is 3. The molecule has 1 aromatic carbocycles. The van der Waals surface area contributed by atoms with E-state index in [0.717, 1.165) is 16.9 Å². The standard InChI is InChI=1S/C21H29N3O/c1-14(2)24(7)13-22-20-8-9-21(23-17(20)5)25-18(6)19-11-15(3)10-16(4)12-19/h8-14,18H,1-7H3. The lowest BCUT2D eigenvalue weighted by Crippen LogP contribution is -2.24. The van der Waals surface area contributed by atoms with Gasteiger partial charge in [-0.3, -0.25) is 0 Å². The van der Waals surface area contributed by atoms with Crippen molar-refractivity contribution < 1.29 is 4.74 Å². The molecule has 1 heterocycles. The second kappa shape index (κ2) is 8.15. The Morgan fingerprint density at radius 2 is 1.68 bits per heavy atom. The highest BCUT2D eigenvalue weighted by molar-refractivity contribution is 5.62. The highest BCUT2D eigenvalue weighted by Gasteiger charge is 2.10. The maximum absolute atomic E-state index is 6.04. The van der Waals surface area contributed by atoms with Gasteiger partial charge in [-0.1, -0.05) is 29.3 Å². The Morgan fingerprint density at radius 3 is 2.24 bits per heavy atom. The van der Waals surface area contributed by atoms with Gasteiger partial charge in [0.25, 0.3) is 0 Å². The van der Waals surface area contributed by atoms with Crippen LogP contribution in [0.25, 0.3) is 0 Å². The summed E-state index contributed by atoms with van der Waals surface area (Å²) in [4.78, 5) is 11.1. The summed E-state index contributed by atoms with van der Waals surface area (Å²) in [6.45, 7) is 12.5. The van der Waals surface area contributed by atoms with Crippen LogP contribution in [0.4, 0.5) is 5.69 Å². The van der Waals surface area contributed by atoms with Crippen LogP contribution in [0.1, 0.15) is 49.3 Å². The Hall–Kier alpha value is -2.36. The molecule has 1 aromatic heterocycles. The molecule has 0 bridgehead atoms. The fraction of sp³-hybridized carbons (Fsp3) is 0.429. The zero-order valence-electron chi connectivity index (χ0n) is 16.4. The first-order valence-corrected chi connectivity index (χ1v) is 8.75. The maximum Gasteiger partial charge on any atom is 0.214 e. The van der Waals surface area contributed by atoms with Crippen molar-refractivity contribution in [1.82, 2.24) is 9.88 Å². The van der Waals surface area contributed by atoms with Gasteiger partial charge in [0.05, 0.1) is 17.7 Å². The Morgan fingerprint density at radius 1 is 1.04 bits per heavy atom. The molecule has 25 heavy (non-hydrogen) atoms. The van der Waals surface area contributed by atoms with E-state index in [0.29, 0.717) is 11.9 Å². The fourth-order valence-corrected chi connectivity index (χ4v) is 2.51. The number of ether oxygens (including phenoxy) is 1. The maximum atomic E-state index is 6.04. The van der Waals surface area contributed by atoms with Crippen molar-refractivity contribution in [3.8, 4) is 5.88 Å². The molecule has 0 spiro atoms. The van der Waals surface area contributed by atoms with Crippen molar-refractivity contribution in [2.75, 3.05) is 7.05 Å². The minimum absolute atomic E-state index is 0.0491. The van der Waals surface area contributed by atoms with Crippen LogP contribution in [-0.4, -0.2) is 29.3 Å². The van der Waals surface area contributed by atoms with Crippen molar-refractivity contribution in [2.24, 2.45) is 4.99 Å². The molecular weight excluding hydrogens is 310 g/mol. The van der Waals surface area contributed by atoms with Gasteiger partial charge in [-0.05, 0) is 53.2 Å². The summed E-state index contributed by atoms with van der Waals surface area (Å²) in [5.41, 5.74) is 5.37. The molecule has 0 amide bonds.